The van der Waals surface area contributed by atoms with Gasteiger partial charge in [0.1, 0.15) is 0 Å². The summed E-state index contributed by atoms with van der Waals surface area (Å²) in [5.41, 5.74) is 0.330. The van der Waals surface area contributed by atoms with E-state index >= 15 is 0 Å². The highest BCUT2D eigenvalue weighted by Gasteiger charge is 2.64. The Balaban J connectivity index is 1.21. The molecule has 5 aliphatic rings. The Morgan fingerprint density at radius 2 is 1.73 bits per heavy atom. The van der Waals surface area contributed by atoms with Gasteiger partial charge in [0, 0.05) is 13.1 Å². The number of hydrogen-bond acceptors (Lipinski definition) is 7. The quantitative estimate of drug-likeness (QED) is 0.414. The molecule has 0 spiro atoms. The van der Waals surface area contributed by atoms with Crippen molar-refractivity contribution in [3.63, 3.8) is 0 Å². The summed E-state index contributed by atoms with van der Waals surface area (Å²) in [4.78, 5) is 12.3. The van der Waals surface area contributed by atoms with Crippen LogP contribution in [0.2, 0.25) is 0 Å². The topological polar surface area (TPSA) is 125 Å². The second-order valence-corrected chi connectivity index (χ2v) is 15.8. The van der Waals surface area contributed by atoms with E-state index in [0.717, 1.165) is 51.4 Å². The van der Waals surface area contributed by atoms with E-state index in [0.29, 0.717) is 55.1 Å². The number of morpholine rings is 1. The molecule has 5 fully saturated rings. The Morgan fingerprint density at radius 3 is 2.42 bits per heavy atom. The van der Waals surface area contributed by atoms with Crippen molar-refractivity contribution < 1.29 is 32.9 Å². The van der Waals surface area contributed by atoms with E-state index in [1.165, 1.54) is 4.31 Å². The molecule has 1 aliphatic heterocycles. The smallest absolute Gasteiger partial charge is 0.421 e. The third kappa shape index (κ3) is 5.33. The SMILES string of the molecule is CC[C@@H]1C2C[C@H](O)CCC2(C)C2CC[C@@]3(C)C(CC[C@@H]3[C@H](C)CCOC(=O)NS(=O)(=O)N3CCOCC3)C2[C@@H]1O. The number of ether oxygens (including phenoxy) is 2. The lowest BCUT2D eigenvalue weighted by molar-refractivity contribution is -0.203. The van der Waals surface area contributed by atoms with Crippen LogP contribution in [0.5, 0.6) is 0 Å². The van der Waals surface area contributed by atoms with Crippen molar-refractivity contribution in [3.05, 3.63) is 0 Å². The normalized spacial score (nSPS) is 44.6. The standard InChI is InChI=1S/C30H52N2O7S/c1-5-21-25-18-20(33)8-11-30(25,4)24-9-12-29(3)22(6-7-23(29)26(24)27(21)34)19(2)10-15-39-28(35)31-40(36,37)32-13-16-38-17-14-32/h19-27,33-34H,5-18H2,1-4H3,(H,31,35)/t19-,20-,21-,22-,23?,24?,25?,26?,27-,29-,30?/m1/s1. The van der Waals surface area contributed by atoms with Crippen LogP contribution in [-0.2, 0) is 19.7 Å². The van der Waals surface area contributed by atoms with Crippen molar-refractivity contribution in [3.8, 4) is 0 Å². The second-order valence-electron chi connectivity index (χ2n) is 14.1. The van der Waals surface area contributed by atoms with Crippen LogP contribution in [0.1, 0.15) is 85.5 Å². The molecule has 0 aromatic heterocycles. The van der Waals surface area contributed by atoms with Gasteiger partial charge >= 0.3 is 16.3 Å². The van der Waals surface area contributed by atoms with E-state index < -0.39 is 16.3 Å². The Hall–Kier alpha value is -0.940. The molecule has 4 aliphatic carbocycles. The van der Waals surface area contributed by atoms with Gasteiger partial charge in [-0.1, -0.05) is 34.1 Å². The Morgan fingerprint density at radius 1 is 1.05 bits per heavy atom. The van der Waals surface area contributed by atoms with Gasteiger partial charge in [-0.15, -0.1) is 0 Å². The Kier molecular flexibility index (Phi) is 8.87. The lowest BCUT2D eigenvalue weighted by Crippen LogP contribution is -2.62. The fourth-order valence-electron chi connectivity index (χ4n) is 10.5. The molecule has 1 saturated heterocycles. The van der Waals surface area contributed by atoms with Crippen LogP contribution in [0.15, 0.2) is 0 Å². The zero-order valence-electron chi connectivity index (χ0n) is 24.9. The summed E-state index contributed by atoms with van der Waals surface area (Å²) in [5.74, 6) is 2.75. The summed E-state index contributed by atoms with van der Waals surface area (Å²) in [6.07, 6.45) is 7.49. The molecule has 5 rings (SSSR count). The zero-order valence-corrected chi connectivity index (χ0v) is 25.7. The fourth-order valence-corrected chi connectivity index (χ4v) is 11.5. The average molecular weight is 585 g/mol. The zero-order chi connectivity index (χ0) is 28.9. The molecule has 10 heteroatoms. The average Bonchev–Trinajstić information content (AvgIpc) is 3.27. The van der Waals surface area contributed by atoms with Crippen LogP contribution < -0.4 is 4.72 Å². The molecule has 0 aromatic carbocycles. The molecular weight excluding hydrogens is 532 g/mol. The summed E-state index contributed by atoms with van der Waals surface area (Å²) in [6, 6.07) is 0. The van der Waals surface area contributed by atoms with E-state index in [1.807, 2.05) is 4.72 Å². The molecule has 0 radical (unpaired) electrons. The molecule has 0 aromatic rings. The number of fused-ring (bicyclic) bond motifs is 5. The van der Waals surface area contributed by atoms with Crippen LogP contribution >= 0.6 is 0 Å². The maximum Gasteiger partial charge on any atom is 0.421 e. The highest BCUT2D eigenvalue weighted by molar-refractivity contribution is 7.87. The van der Waals surface area contributed by atoms with E-state index in [-0.39, 0.29) is 48.7 Å². The molecular formula is C30H52N2O7S. The molecule has 0 bridgehead atoms. The predicted molar refractivity (Wildman–Crippen MR) is 151 cm³/mol. The minimum atomic E-state index is -3.92. The number of amides is 1. The van der Waals surface area contributed by atoms with Gasteiger partial charge in [0.25, 0.3) is 0 Å². The lowest BCUT2D eigenvalue weighted by Gasteiger charge is -2.64. The van der Waals surface area contributed by atoms with Crippen molar-refractivity contribution in [2.45, 2.75) is 97.7 Å². The minimum Gasteiger partial charge on any atom is -0.449 e. The molecule has 5 unspecified atom stereocenters. The number of carbonyl (C=O) groups excluding carboxylic acids is 1. The minimum absolute atomic E-state index is 0.138. The summed E-state index contributed by atoms with van der Waals surface area (Å²) >= 11 is 0. The number of aliphatic hydroxyl groups is 2. The maximum absolute atomic E-state index is 12.4. The monoisotopic (exact) mass is 584 g/mol. The van der Waals surface area contributed by atoms with Gasteiger partial charge in [-0.05, 0) is 104 Å². The summed E-state index contributed by atoms with van der Waals surface area (Å²) < 4.78 is 38.6. The van der Waals surface area contributed by atoms with Crippen LogP contribution in [0.3, 0.4) is 0 Å². The lowest BCUT2D eigenvalue weighted by atomic mass is 9.41. The van der Waals surface area contributed by atoms with Gasteiger partial charge in [-0.2, -0.15) is 12.7 Å². The van der Waals surface area contributed by atoms with E-state index in [2.05, 4.69) is 27.7 Å². The molecule has 230 valence electrons. The maximum atomic E-state index is 12.4. The van der Waals surface area contributed by atoms with Gasteiger partial charge in [0.05, 0.1) is 32.0 Å². The summed E-state index contributed by atoms with van der Waals surface area (Å²) in [5, 5.41) is 22.4. The molecule has 4 saturated carbocycles. The molecule has 1 amide bonds. The third-order valence-corrected chi connectivity index (χ3v) is 13.9. The van der Waals surface area contributed by atoms with Gasteiger partial charge in [0.2, 0.25) is 0 Å². The number of nitrogens with one attached hydrogen (secondary N) is 1. The van der Waals surface area contributed by atoms with E-state index in [4.69, 9.17) is 9.47 Å². The van der Waals surface area contributed by atoms with Crippen molar-refractivity contribution in [2.24, 2.45) is 52.3 Å². The van der Waals surface area contributed by atoms with Gasteiger partial charge < -0.3 is 19.7 Å². The highest BCUT2D eigenvalue weighted by atomic mass is 32.2. The van der Waals surface area contributed by atoms with Gasteiger partial charge in [0.15, 0.2) is 0 Å². The summed E-state index contributed by atoms with van der Waals surface area (Å²) in [6.45, 7) is 10.6. The molecule has 3 N–H and O–H groups in total. The van der Waals surface area contributed by atoms with Crippen molar-refractivity contribution in [2.75, 3.05) is 32.9 Å². The van der Waals surface area contributed by atoms with E-state index in [9.17, 15) is 23.4 Å². The second kappa shape index (κ2) is 11.6. The van der Waals surface area contributed by atoms with Crippen LogP contribution in [0, 0.1) is 52.3 Å². The molecule has 11 atom stereocenters. The largest absolute Gasteiger partial charge is 0.449 e. The number of nitrogens with zero attached hydrogens (tertiary/aromatic N) is 1. The number of hydrogen-bond donors (Lipinski definition) is 3. The highest BCUT2D eigenvalue weighted by Crippen LogP contribution is 2.69. The van der Waals surface area contributed by atoms with Crippen molar-refractivity contribution >= 4 is 16.3 Å². The molecule has 40 heavy (non-hydrogen) atoms. The first kappa shape index (κ1) is 30.5. The fraction of sp³-hybridized carbons (Fsp3) is 0.967. The van der Waals surface area contributed by atoms with E-state index in [1.54, 1.807) is 0 Å². The van der Waals surface area contributed by atoms with Crippen LogP contribution in [0.4, 0.5) is 4.79 Å². The first-order valence-corrected chi connectivity index (χ1v) is 17.2. The molecule has 1 heterocycles. The first-order chi connectivity index (χ1) is 18.9. The Labute approximate surface area is 240 Å². The van der Waals surface area contributed by atoms with Crippen LogP contribution in [0.25, 0.3) is 0 Å². The van der Waals surface area contributed by atoms with Crippen molar-refractivity contribution in [1.82, 2.24) is 9.03 Å². The summed E-state index contributed by atoms with van der Waals surface area (Å²) in [7, 11) is -3.92. The van der Waals surface area contributed by atoms with Gasteiger partial charge in [-0.25, -0.2) is 9.52 Å². The first-order valence-electron chi connectivity index (χ1n) is 15.8. The van der Waals surface area contributed by atoms with Crippen molar-refractivity contribution in [1.29, 1.82) is 0 Å². The number of carbonyl (C=O) groups is 1. The Bertz CT molecular complexity index is 1020. The van der Waals surface area contributed by atoms with Crippen LogP contribution in [-0.4, -0.2) is 74.1 Å². The van der Waals surface area contributed by atoms with Gasteiger partial charge in [-0.3, -0.25) is 0 Å². The third-order valence-electron chi connectivity index (χ3n) is 12.5. The molecule has 9 nitrogen and oxygen atoms in total. The number of rotatable bonds is 7. The number of aliphatic hydroxyl groups excluding tert-OH is 2. The predicted octanol–water partition coefficient (Wildman–Crippen LogP) is 3.94.